The summed E-state index contributed by atoms with van der Waals surface area (Å²) < 4.78 is 0. The van der Waals surface area contributed by atoms with E-state index in [0.29, 0.717) is 0 Å². The van der Waals surface area contributed by atoms with Crippen molar-refractivity contribution in [1.29, 1.82) is 0 Å². The van der Waals surface area contributed by atoms with Crippen LogP contribution in [0.15, 0.2) is 0 Å². The molecule has 0 N–H and O–H groups in total. The van der Waals surface area contributed by atoms with Crippen molar-refractivity contribution in [1.82, 2.24) is 0 Å². The third-order valence-electron chi connectivity index (χ3n) is 0.667. The molecule has 0 unspecified atom stereocenters. The van der Waals surface area contributed by atoms with E-state index in [1.54, 1.807) is 0 Å². The predicted octanol–water partition coefficient (Wildman–Crippen LogP) is -0.402. The van der Waals surface area contributed by atoms with E-state index in [-0.39, 0.29) is 20.3 Å². The number of hydrogen-bond acceptors (Lipinski definition) is 0. The van der Waals surface area contributed by atoms with Gasteiger partial charge in [-0.25, -0.2) is 0 Å². The minimum atomic E-state index is 0. The zero-order chi connectivity index (χ0) is 5.86. The molecule has 0 rings (SSSR count). The Balaban J connectivity index is -0.000000180. The Kier molecular flexibility index (Phi) is 9.06. The van der Waals surface area contributed by atoms with Crippen molar-refractivity contribution in [3.05, 3.63) is 0 Å². The first kappa shape index (κ1) is 11.8. The first-order chi connectivity index (χ1) is 3.13. The van der Waals surface area contributed by atoms with Crippen molar-refractivity contribution < 1.29 is 20.3 Å². The molecule has 0 radical (unpaired) electrons. The Labute approximate surface area is 68.3 Å². The van der Waals surface area contributed by atoms with Crippen LogP contribution in [0.2, 0.25) is 0 Å². The van der Waals surface area contributed by atoms with Crippen molar-refractivity contribution in [2.24, 2.45) is 0 Å². The average Bonchev–Trinajstić information content (AvgIpc) is 1.27. The summed E-state index contributed by atoms with van der Waals surface area (Å²) in [5, 5.41) is 0. The standard InChI is InChI=1S/C6H15P.Li.H/c1-5(2)7-6(3)4;;/h5-7H,1-4H3;;/q;+1;-1. The monoisotopic (exact) mass is 126 g/mol. The van der Waals surface area contributed by atoms with Gasteiger partial charge in [0.05, 0.1) is 0 Å². The third-order valence-corrected chi connectivity index (χ3v) is 2.00. The van der Waals surface area contributed by atoms with E-state index in [4.69, 9.17) is 0 Å². The van der Waals surface area contributed by atoms with Gasteiger partial charge in [-0.3, -0.25) is 0 Å². The molecule has 0 nitrogen and oxygen atoms in total. The molecule has 0 heterocycles. The molecule has 0 aliphatic carbocycles. The zero-order valence-electron chi connectivity index (χ0n) is 7.65. The van der Waals surface area contributed by atoms with E-state index in [1.807, 2.05) is 0 Å². The van der Waals surface area contributed by atoms with Gasteiger partial charge in [0.25, 0.3) is 0 Å². The summed E-state index contributed by atoms with van der Waals surface area (Å²) in [5.74, 6) is 0. The molecule has 0 spiro atoms. The molecular weight excluding hydrogens is 110 g/mol. The second kappa shape index (κ2) is 6.15. The molecule has 2 heteroatoms. The largest absolute Gasteiger partial charge is 1.00 e. The summed E-state index contributed by atoms with van der Waals surface area (Å²) in [6, 6.07) is 0. The summed E-state index contributed by atoms with van der Waals surface area (Å²) in [6.07, 6.45) is 0. The molecule has 0 saturated carbocycles. The van der Waals surface area contributed by atoms with Gasteiger partial charge in [-0.1, -0.05) is 27.7 Å². The van der Waals surface area contributed by atoms with Gasteiger partial charge in [0.15, 0.2) is 0 Å². The molecule has 46 valence electrons. The smallest absolute Gasteiger partial charge is 1.00 e. The van der Waals surface area contributed by atoms with Crippen LogP contribution < -0.4 is 18.9 Å². The van der Waals surface area contributed by atoms with E-state index in [2.05, 4.69) is 27.7 Å². The van der Waals surface area contributed by atoms with Crippen LogP contribution in [0.3, 0.4) is 0 Å². The maximum atomic E-state index is 2.28. The minimum absolute atomic E-state index is 0. The first-order valence-corrected chi connectivity index (χ1v) is 4.04. The molecule has 0 amide bonds. The fourth-order valence-electron chi connectivity index (χ4n) is 0.667. The van der Waals surface area contributed by atoms with Gasteiger partial charge < -0.3 is 1.43 Å². The third kappa shape index (κ3) is 10.1. The summed E-state index contributed by atoms with van der Waals surface area (Å²) in [5.41, 5.74) is 1.81. The molecule has 0 fully saturated rings. The van der Waals surface area contributed by atoms with Crippen LogP contribution in [0.4, 0.5) is 0 Å². The van der Waals surface area contributed by atoms with Crippen LogP contribution >= 0.6 is 8.58 Å². The molecule has 0 aliphatic rings. The van der Waals surface area contributed by atoms with Gasteiger partial charge in [0.1, 0.15) is 0 Å². The van der Waals surface area contributed by atoms with E-state index in [0.717, 1.165) is 19.9 Å². The SMILES string of the molecule is CC(C)PC(C)C.[H-].[Li+]. The van der Waals surface area contributed by atoms with Crippen LogP contribution in [0.5, 0.6) is 0 Å². The van der Waals surface area contributed by atoms with Gasteiger partial charge in [-0.2, -0.15) is 0 Å². The normalized spacial score (nSPS) is 9.75. The Bertz CT molecular complexity index is 42.3. The maximum absolute atomic E-state index is 2.28. The molecule has 0 aromatic heterocycles. The van der Waals surface area contributed by atoms with Crippen LogP contribution in [0.25, 0.3) is 0 Å². The van der Waals surface area contributed by atoms with E-state index in [1.165, 1.54) is 0 Å². The van der Waals surface area contributed by atoms with Crippen molar-refractivity contribution in [2.75, 3.05) is 0 Å². The molecule has 0 aromatic carbocycles. The van der Waals surface area contributed by atoms with Crippen molar-refractivity contribution in [3.63, 3.8) is 0 Å². The van der Waals surface area contributed by atoms with Crippen LogP contribution in [-0.4, -0.2) is 11.3 Å². The van der Waals surface area contributed by atoms with Crippen LogP contribution in [-0.2, 0) is 0 Å². The van der Waals surface area contributed by atoms with E-state index >= 15 is 0 Å². The summed E-state index contributed by atoms with van der Waals surface area (Å²) in [7, 11) is 1.15. The zero-order valence-corrected chi connectivity index (χ0v) is 7.65. The Morgan fingerprint density at radius 2 is 1.25 bits per heavy atom. The fraction of sp³-hybridized carbons (Fsp3) is 1.00. The molecule has 0 aromatic rings. The maximum Gasteiger partial charge on any atom is 1.00 e. The van der Waals surface area contributed by atoms with Gasteiger partial charge in [-0.15, -0.1) is 8.58 Å². The Morgan fingerprint density at radius 3 is 1.25 bits per heavy atom. The molecule has 0 atom stereocenters. The summed E-state index contributed by atoms with van der Waals surface area (Å²) >= 11 is 0. The van der Waals surface area contributed by atoms with Crippen molar-refractivity contribution >= 4 is 8.58 Å². The quantitative estimate of drug-likeness (QED) is 0.349. The average molecular weight is 126 g/mol. The van der Waals surface area contributed by atoms with Crippen LogP contribution in [0, 0.1) is 0 Å². The van der Waals surface area contributed by atoms with E-state index in [9.17, 15) is 0 Å². The van der Waals surface area contributed by atoms with Crippen molar-refractivity contribution in [3.8, 4) is 0 Å². The molecule has 0 aliphatic heterocycles. The van der Waals surface area contributed by atoms with Gasteiger partial charge >= 0.3 is 18.9 Å². The number of hydrogen-bond donors (Lipinski definition) is 0. The molecule has 8 heavy (non-hydrogen) atoms. The second-order valence-corrected chi connectivity index (χ2v) is 5.12. The van der Waals surface area contributed by atoms with Gasteiger partial charge in [0.2, 0.25) is 0 Å². The topological polar surface area (TPSA) is 0 Å². The summed E-state index contributed by atoms with van der Waals surface area (Å²) in [4.78, 5) is 0. The van der Waals surface area contributed by atoms with Crippen molar-refractivity contribution in [2.45, 2.75) is 39.0 Å². The molecule has 0 saturated heterocycles. The summed E-state index contributed by atoms with van der Waals surface area (Å²) in [6.45, 7) is 9.10. The second-order valence-electron chi connectivity index (χ2n) is 2.48. The van der Waals surface area contributed by atoms with Gasteiger partial charge in [-0.05, 0) is 11.3 Å². The Morgan fingerprint density at radius 1 is 1.00 bits per heavy atom. The Hall–Kier alpha value is 1.03. The van der Waals surface area contributed by atoms with Gasteiger partial charge in [0, 0.05) is 0 Å². The number of rotatable bonds is 2. The molecular formula is C6H16LiP. The minimum Gasteiger partial charge on any atom is -1.00 e. The fourth-order valence-corrected chi connectivity index (χ4v) is 2.00. The molecule has 0 bridgehead atoms. The van der Waals surface area contributed by atoms with E-state index < -0.39 is 0 Å². The predicted molar refractivity (Wildman–Crippen MR) is 39.7 cm³/mol. The first-order valence-electron chi connectivity index (χ1n) is 2.89. The van der Waals surface area contributed by atoms with Crippen LogP contribution in [0.1, 0.15) is 29.1 Å².